The van der Waals surface area contributed by atoms with Gasteiger partial charge in [0.05, 0.1) is 12.4 Å². The molecule has 0 spiro atoms. The lowest BCUT2D eigenvalue weighted by atomic mass is 9.92. The van der Waals surface area contributed by atoms with Crippen molar-refractivity contribution in [1.82, 2.24) is 14.7 Å². The highest BCUT2D eigenvalue weighted by atomic mass is 35.5. The topological polar surface area (TPSA) is 130 Å². The largest absolute Gasteiger partial charge is 0.333 e. The number of halogens is 1. The monoisotopic (exact) mass is 453 g/mol. The molecule has 3 N–H and O–H groups in total. The summed E-state index contributed by atoms with van der Waals surface area (Å²) in [6.07, 6.45) is 1.99. The van der Waals surface area contributed by atoms with Crippen LogP contribution in [0.4, 0.5) is 16.4 Å². The highest BCUT2D eigenvalue weighted by molar-refractivity contribution is 7.90. The summed E-state index contributed by atoms with van der Waals surface area (Å²) < 4.78 is 26.9. The summed E-state index contributed by atoms with van der Waals surface area (Å²) in [7, 11) is -4.23. The van der Waals surface area contributed by atoms with Crippen LogP contribution in [0.15, 0.2) is 29.4 Å². The van der Waals surface area contributed by atoms with Crippen LogP contribution in [-0.2, 0) is 14.8 Å². The first-order chi connectivity index (χ1) is 13.9. The number of aromatic nitrogens is 2. The summed E-state index contributed by atoms with van der Waals surface area (Å²) in [5, 5.41) is 5.51. The molecular weight excluding hydrogens is 430 g/mol. The molecular formula is C19H24ClN5O4S. The van der Waals surface area contributed by atoms with Crippen LogP contribution in [0.25, 0.3) is 0 Å². The molecule has 1 aromatic heterocycles. The number of urea groups is 1. The molecule has 0 atom stereocenters. The normalized spacial score (nSPS) is 11.5. The Morgan fingerprint density at radius 2 is 1.47 bits per heavy atom. The van der Waals surface area contributed by atoms with Gasteiger partial charge in [0.15, 0.2) is 0 Å². The Kier molecular flexibility index (Phi) is 7.38. The molecule has 0 saturated heterocycles. The molecule has 11 heteroatoms. The highest BCUT2D eigenvalue weighted by Gasteiger charge is 2.22. The molecule has 3 amide bonds. The first-order valence-corrected chi connectivity index (χ1v) is 11.0. The van der Waals surface area contributed by atoms with Crippen molar-refractivity contribution in [3.63, 3.8) is 0 Å². The van der Waals surface area contributed by atoms with E-state index < -0.39 is 22.0 Å². The predicted molar refractivity (Wildman–Crippen MR) is 115 cm³/mol. The fourth-order valence-corrected chi connectivity index (χ4v) is 3.73. The number of hydrogen-bond acceptors (Lipinski definition) is 6. The van der Waals surface area contributed by atoms with Gasteiger partial charge in [0.1, 0.15) is 4.90 Å². The van der Waals surface area contributed by atoms with E-state index in [1.165, 1.54) is 6.92 Å². The van der Waals surface area contributed by atoms with Crippen LogP contribution in [0.3, 0.4) is 0 Å². The van der Waals surface area contributed by atoms with Crippen molar-refractivity contribution in [2.45, 2.75) is 51.3 Å². The maximum Gasteiger partial charge on any atom is 0.333 e. The number of nitrogens with one attached hydrogen (secondary N) is 3. The van der Waals surface area contributed by atoms with Crippen LogP contribution in [0, 0.1) is 0 Å². The number of hydrogen-bond donors (Lipinski definition) is 3. The smallest absolute Gasteiger partial charge is 0.307 e. The second kappa shape index (κ2) is 9.40. The molecule has 0 aliphatic carbocycles. The van der Waals surface area contributed by atoms with E-state index in [1.54, 1.807) is 12.1 Å². The third-order valence-electron chi connectivity index (χ3n) is 4.10. The van der Waals surface area contributed by atoms with E-state index in [4.69, 9.17) is 11.6 Å². The minimum absolute atomic E-state index is 0.0443. The van der Waals surface area contributed by atoms with E-state index >= 15 is 0 Å². The zero-order chi connectivity index (χ0) is 22.6. The van der Waals surface area contributed by atoms with Crippen LogP contribution in [0.2, 0.25) is 5.02 Å². The molecule has 162 valence electrons. The van der Waals surface area contributed by atoms with E-state index in [0.29, 0.717) is 10.7 Å². The number of nitrogens with zero attached hydrogens (tertiary/aromatic N) is 2. The number of sulfonamides is 1. The van der Waals surface area contributed by atoms with Crippen molar-refractivity contribution in [2.75, 3.05) is 10.6 Å². The molecule has 0 radical (unpaired) electrons. The van der Waals surface area contributed by atoms with Crippen molar-refractivity contribution >= 4 is 45.2 Å². The molecule has 0 aliphatic heterocycles. The van der Waals surface area contributed by atoms with Gasteiger partial charge in [-0.05, 0) is 35.1 Å². The predicted octanol–water partition coefficient (Wildman–Crippen LogP) is 3.85. The minimum Gasteiger partial charge on any atom is -0.307 e. The van der Waals surface area contributed by atoms with Gasteiger partial charge in [-0.1, -0.05) is 39.3 Å². The molecule has 1 heterocycles. The third-order valence-corrected chi connectivity index (χ3v) is 5.60. The number of rotatable bonds is 6. The highest BCUT2D eigenvalue weighted by Crippen LogP contribution is 2.35. The number of anilines is 2. The molecule has 30 heavy (non-hydrogen) atoms. The fraction of sp³-hybridized carbons (Fsp3) is 0.368. The van der Waals surface area contributed by atoms with E-state index in [9.17, 15) is 18.0 Å². The van der Waals surface area contributed by atoms with Crippen molar-refractivity contribution in [3.8, 4) is 0 Å². The lowest BCUT2D eigenvalue weighted by Gasteiger charge is -2.21. The number of carbonyl (C=O) groups is 2. The first kappa shape index (κ1) is 23.6. The summed E-state index contributed by atoms with van der Waals surface area (Å²) in [6.45, 7) is 9.06. The van der Waals surface area contributed by atoms with Gasteiger partial charge < -0.3 is 5.32 Å². The molecule has 2 rings (SSSR count). The van der Waals surface area contributed by atoms with Gasteiger partial charge in [-0.15, -0.1) is 0 Å². The minimum atomic E-state index is -4.23. The first-order valence-electron chi connectivity index (χ1n) is 9.17. The zero-order valence-electron chi connectivity index (χ0n) is 17.3. The zero-order valence-corrected chi connectivity index (χ0v) is 18.9. The maximum atomic E-state index is 12.5. The van der Waals surface area contributed by atoms with Gasteiger partial charge in [-0.25, -0.2) is 27.9 Å². The number of amides is 3. The summed E-state index contributed by atoms with van der Waals surface area (Å²) in [5.74, 6) is -0.353. The van der Waals surface area contributed by atoms with E-state index in [-0.39, 0.29) is 22.7 Å². The molecule has 0 aliphatic rings. The molecule has 2 aromatic rings. The standard InChI is InChI=1S/C19H24ClN5O4S/c1-10(2)15-6-13(20)7-16(11(3)4)17(15)24-19(27)25-30(28,29)14-8-21-18(22-9-14)23-12(5)26/h6-11H,1-5H3,(H2,24,25,27)(H,21,22,23,26). The third kappa shape index (κ3) is 5.90. The summed E-state index contributed by atoms with van der Waals surface area (Å²) >= 11 is 6.21. The molecule has 0 bridgehead atoms. The van der Waals surface area contributed by atoms with Crippen molar-refractivity contribution < 1.29 is 18.0 Å². The lowest BCUT2D eigenvalue weighted by Crippen LogP contribution is -2.35. The van der Waals surface area contributed by atoms with E-state index in [1.807, 2.05) is 32.4 Å². The van der Waals surface area contributed by atoms with Crippen LogP contribution in [0.5, 0.6) is 0 Å². The van der Waals surface area contributed by atoms with Crippen molar-refractivity contribution in [3.05, 3.63) is 40.7 Å². The molecule has 0 saturated carbocycles. The Morgan fingerprint density at radius 1 is 0.967 bits per heavy atom. The second-order valence-electron chi connectivity index (χ2n) is 7.25. The van der Waals surface area contributed by atoms with Crippen LogP contribution < -0.4 is 15.4 Å². The Balaban J connectivity index is 2.27. The summed E-state index contributed by atoms with van der Waals surface area (Å²) in [5.41, 5.74) is 2.11. The van der Waals surface area contributed by atoms with Gasteiger partial charge in [-0.2, -0.15) is 0 Å². The molecule has 0 unspecified atom stereocenters. The average Bonchev–Trinajstić information content (AvgIpc) is 2.61. The second-order valence-corrected chi connectivity index (χ2v) is 9.37. The summed E-state index contributed by atoms with van der Waals surface area (Å²) in [4.78, 5) is 30.7. The fourth-order valence-electron chi connectivity index (χ4n) is 2.70. The number of carbonyl (C=O) groups excluding carboxylic acids is 2. The SMILES string of the molecule is CC(=O)Nc1ncc(S(=O)(=O)NC(=O)Nc2c(C(C)C)cc(Cl)cc2C(C)C)cn1. The van der Waals surface area contributed by atoms with Crippen LogP contribution >= 0.6 is 11.6 Å². The Morgan fingerprint density at radius 3 is 1.90 bits per heavy atom. The van der Waals surface area contributed by atoms with Crippen LogP contribution in [0.1, 0.15) is 57.6 Å². The number of benzene rings is 1. The van der Waals surface area contributed by atoms with E-state index in [2.05, 4.69) is 20.6 Å². The van der Waals surface area contributed by atoms with E-state index in [0.717, 1.165) is 23.5 Å². The molecule has 0 fully saturated rings. The van der Waals surface area contributed by atoms with Gasteiger partial charge in [0.25, 0.3) is 10.0 Å². The van der Waals surface area contributed by atoms with Crippen molar-refractivity contribution in [2.24, 2.45) is 0 Å². The quantitative estimate of drug-likeness (QED) is 0.609. The van der Waals surface area contributed by atoms with Gasteiger partial charge >= 0.3 is 6.03 Å². The Bertz CT molecular complexity index is 1020. The lowest BCUT2D eigenvalue weighted by molar-refractivity contribution is -0.114. The average molecular weight is 454 g/mol. The van der Waals surface area contributed by atoms with Crippen molar-refractivity contribution in [1.29, 1.82) is 0 Å². The van der Waals surface area contributed by atoms with Gasteiger partial charge in [0, 0.05) is 17.6 Å². The van der Waals surface area contributed by atoms with Gasteiger partial charge in [-0.3, -0.25) is 10.1 Å². The summed E-state index contributed by atoms with van der Waals surface area (Å²) in [6, 6.07) is 2.57. The maximum absolute atomic E-state index is 12.5. The molecule has 9 nitrogen and oxygen atoms in total. The molecule has 1 aromatic carbocycles. The van der Waals surface area contributed by atoms with Crippen LogP contribution in [-0.4, -0.2) is 30.3 Å². The van der Waals surface area contributed by atoms with Gasteiger partial charge in [0.2, 0.25) is 11.9 Å². The Labute approximate surface area is 180 Å². The Hall–Kier alpha value is -2.72.